The largest absolute Gasteiger partial charge is 0.396 e. The summed E-state index contributed by atoms with van der Waals surface area (Å²) in [5.74, 6) is 4.25. The number of piperidine rings is 2. The lowest BCUT2D eigenvalue weighted by atomic mass is 9.99. The number of carbonyl (C=O) groups is 1. The van der Waals surface area contributed by atoms with Crippen LogP contribution in [0, 0.1) is 11.6 Å². The quantitative estimate of drug-likeness (QED) is 0.0218. The van der Waals surface area contributed by atoms with Gasteiger partial charge < -0.3 is 51.5 Å². The molecule has 112 heavy (non-hydrogen) atoms. The molecule has 578 valence electrons. The maximum atomic E-state index is 14.2. The lowest BCUT2D eigenvalue weighted by molar-refractivity contribution is -0.905. The molecule has 8 N–H and O–H groups in total. The van der Waals surface area contributed by atoms with Crippen molar-refractivity contribution in [3.63, 3.8) is 0 Å². The van der Waals surface area contributed by atoms with Crippen molar-refractivity contribution >= 4 is 133 Å². The Bertz CT molecular complexity index is 5490. The minimum Gasteiger partial charge on any atom is -0.396 e. The van der Waals surface area contributed by atoms with Gasteiger partial charge in [0.15, 0.2) is 22.6 Å². The molecular weight excluding hydrogens is 1690 g/mol. The molecule has 11 aromatic heterocycles. The number of amides is 1. The normalized spacial score (nSPS) is 14.1. The van der Waals surface area contributed by atoms with E-state index in [4.69, 9.17) is 9.97 Å². The molecule has 0 saturated carbocycles. The summed E-state index contributed by atoms with van der Waals surface area (Å²) in [6.45, 7) is 4.89. The van der Waals surface area contributed by atoms with Crippen LogP contribution in [0.4, 0.5) is 49.4 Å². The number of fused-ring (bicyclic) bond motifs is 4. The van der Waals surface area contributed by atoms with Crippen molar-refractivity contribution in [1.82, 2.24) is 73.3 Å². The fourth-order valence-corrected chi connectivity index (χ4v) is 14.6. The molecule has 0 aliphatic carbocycles. The zero-order valence-corrected chi connectivity index (χ0v) is 67.6. The van der Waals surface area contributed by atoms with Gasteiger partial charge in [-0.15, -0.1) is 0 Å². The number of carbonyl (C=O) groups excluding carboxylic acids is 1. The van der Waals surface area contributed by atoms with Crippen molar-refractivity contribution in [3.8, 4) is 22.5 Å². The summed E-state index contributed by atoms with van der Waals surface area (Å²) in [5.41, 5.74) is 9.53. The van der Waals surface area contributed by atoms with Crippen LogP contribution in [0.3, 0.4) is 0 Å². The third-order valence-corrected chi connectivity index (χ3v) is 20.9. The van der Waals surface area contributed by atoms with Crippen LogP contribution in [0.15, 0.2) is 213 Å². The predicted octanol–water partition coefficient (Wildman–Crippen LogP) is 14.3. The highest BCUT2D eigenvalue weighted by atomic mass is 79.9. The van der Waals surface area contributed by atoms with Gasteiger partial charge in [0.05, 0.1) is 60.6 Å². The Morgan fingerprint density at radius 1 is 0.500 bits per heavy atom. The van der Waals surface area contributed by atoms with E-state index in [1.165, 1.54) is 31.2 Å². The average molecular weight is 1780 g/mol. The number of likely N-dealkylation sites (N-methyl/N-ethyl adjacent to an activating group) is 1. The number of benzene rings is 3. The number of aromatic nitrogens is 15. The number of anilines is 7. The van der Waals surface area contributed by atoms with Gasteiger partial charge in [-0.1, -0.05) is 48.5 Å². The number of nitrogens with zero attached hydrogens (tertiary/aromatic N) is 18. The number of halogens is 6. The first kappa shape index (κ1) is 79.4. The van der Waals surface area contributed by atoms with Gasteiger partial charge in [-0.3, -0.25) is 20.0 Å². The van der Waals surface area contributed by atoms with Crippen molar-refractivity contribution in [2.45, 2.75) is 89.6 Å². The summed E-state index contributed by atoms with van der Waals surface area (Å²) in [5, 5.41) is 62.5. The molecule has 13 heterocycles. The van der Waals surface area contributed by atoms with Crippen LogP contribution in [0.5, 0.6) is 0 Å². The van der Waals surface area contributed by atoms with E-state index in [1.54, 1.807) is 118 Å². The summed E-state index contributed by atoms with van der Waals surface area (Å²) in [7, 11) is 3.73. The first-order chi connectivity index (χ1) is 54.5. The SMILES string of the molecule is CN(C)CC(=O)Nc1ccc(CNc2cc(N3CCCC[C@H]3CCO)nc3c(Br)cnn23)cc1.Fc1ccccc1-c1cc(NCc2cccnc2)n2ncc(Br)c2n1.OCCC1CCCCN1c1cc(NCc2cccnc2)n2ncc(Br)c2n1.O[n+]1cccc(CNc2cc(-c3ccccc3F)nc3c(Br)cnn23)c1. The molecule has 16 rings (SSSR count). The Kier molecular flexibility index (Phi) is 27.0. The average Bonchev–Trinajstić information content (AvgIpc) is 1.60. The predicted molar refractivity (Wildman–Crippen MR) is 442 cm³/mol. The molecule has 14 aromatic rings. The molecular formula is C79H82Br4F2N23O4+. The Morgan fingerprint density at radius 2 is 0.911 bits per heavy atom. The van der Waals surface area contributed by atoms with Gasteiger partial charge in [-0.2, -0.15) is 38.5 Å². The number of aliphatic hydroxyl groups excluding tert-OH is 2. The lowest BCUT2D eigenvalue weighted by Crippen LogP contribution is -2.40. The number of rotatable bonds is 23. The number of aliphatic hydroxyl groups is 2. The fraction of sp³-hybridized carbons (Fsp3) is 0.266. The van der Waals surface area contributed by atoms with E-state index >= 15 is 0 Å². The van der Waals surface area contributed by atoms with E-state index in [-0.39, 0.29) is 30.8 Å². The summed E-state index contributed by atoms with van der Waals surface area (Å²) in [6.07, 6.45) is 25.4. The number of hydrogen-bond acceptors (Lipinski definition) is 21. The van der Waals surface area contributed by atoms with Crippen molar-refractivity contribution in [2.75, 3.05) is 83.3 Å². The Hall–Kier alpha value is -10.7. The molecule has 27 nitrogen and oxygen atoms in total. The van der Waals surface area contributed by atoms with E-state index in [9.17, 15) is 29.0 Å². The number of hydrogen-bond donors (Lipinski definition) is 8. The second-order valence-corrected chi connectivity index (χ2v) is 30.3. The van der Waals surface area contributed by atoms with Gasteiger partial charge in [0.25, 0.3) is 0 Å². The second kappa shape index (κ2) is 38.0. The zero-order chi connectivity index (χ0) is 78.0. The molecule has 2 atom stereocenters. The minimum absolute atomic E-state index is 0.0379. The van der Waals surface area contributed by atoms with Crippen LogP contribution in [0.2, 0.25) is 0 Å². The summed E-state index contributed by atoms with van der Waals surface area (Å²) >= 11 is 14.0. The number of pyridine rings is 3. The van der Waals surface area contributed by atoms with Gasteiger partial charge >= 0.3 is 0 Å². The molecule has 0 bridgehead atoms. The van der Waals surface area contributed by atoms with Crippen LogP contribution < -0.4 is 41.1 Å². The van der Waals surface area contributed by atoms with Gasteiger partial charge in [-0.05, 0) is 200 Å². The first-order valence-electron chi connectivity index (χ1n) is 36.4. The van der Waals surface area contributed by atoms with Crippen molar-refractivity contribution in [2.24, 2.45) is 0 Å². The monoisotopic (exact) mass is 1770 g/mol. The van der Waals surface area contributed by atoms with Crippen LogP contribution >= 0.6 is 63.7 Å². The highest BCUT2D eigenvalue weighted by Gasteiger charge is 2.28. The van der Waals surface area contributed by atoms with E-state index in [0.717, 1.165) is 138 Å². The van der Waals surface area contributed by atoms with Crippen molar-refractivity contribution < 1.29 is 33.7 Å². The Morgan fingerprint density at radius 3 is 1.32 bits per heavy atom. The molecule has 1 unspecified atom stereocenters. The minimum atomic E-state index is -0.338. The van der Waals surface area contributed by atoms with Gasteiger partial charge in [0, 0.05) is 147 Å². The van der Waals surface area contributed by atoms with E-state index in [0.29, 0.717) is 88.9 Å². The maximum Gasteiger partial charge on any atom is 0.238 e. The van der Waals surface area contributed by atoms with Crippen LogP contribution in [0.25, 0.3) is 45.1 Å². The van der Waals surface area contributed by atoms with Crippen molar-refractivity contribution in [3.05, 3.63) is 247 Å². The van der Waals surface area contributed by atoms with Gasteiger partial charge in [-0.25, -0.2) is 28.7 Å². The molecule has 0 radical (unpaired) electrons. The molecule has 2 aliphatic rings. The molecule has 2 saturated heterocycles. The smallest absolute Gasteiger partial charge is 0.238 e. The Labute approximate surface area is 677 Å². The summed E-state index contributed by atoms with van der Waals surface area (Å²) in [4.78, 5) is 45.5. The first-order valence-corrected chi connectivity index (χ1v) is 39.6. The van der Waals surface area contributed by atoms with E-state index in [2.05, 4.69) is 147 Å². The number of nitrogens with one attached hydrogen (secondary N) is 5. The molecule has 2 fully saturated rings. The van der Waals surface area contributed by atoms with E-state index in [1.807, 2.05) is 90.4 Å². The Balaban J connectivity index is 0.000000132. The molecule has 0 spiro atoms. The standard InChI is InChI=1S/C24H32BrN7O2.C19H23BrN6O.C18H14BrFN5O.C18H13BrFN5/c1-30(2)16-23(34)28-18-8-6-17(7-9-18)14-26-21-13-22(29-24-20(25)15-27-32(21)24)31-11-4-3-5-19(31)10-12-33;20-16-13-23-26-17(22-12-14-4-3-7-21-11-14)10-18(24-19(16)26)25-8-2-1-5-15(25)6-9-27;19-14-10-22-25-17(21-9-12-4-3-7-24(26)11-12)8-16(23-18(14)25)13-5-1-2-6-15(13)20;19-14-11-23-25-17(22-10-12-4-3-7-21-9-12)8-16(24-18(14)25)13-5-1-2-6-15(13)20/h6-9,13,15,19,26,33H,3-5,10-12,14,16H2,1-2H3,(H,28,34);3-4,7,10-11,13,15,22,27H,1-2,5-6,8-9,12H2;1-8,10-11,21,26H,9H2;1-9,11,22H,10H2/q;;+1;/t19-;;;/m0.../s1. The molecule has 1 amide bonds. The van der Waals surface area contributed by atoms with Crippen LogP contribution in [-0.4, -0.2) is 154 Å². The van der Waals surface area contributed by atoms with Gasteiger partial charge in [0.1, 0.15) is 46.5 Å². The highest BCUT2D eigenvalue weighted by molar-refractivity contribution is 9.11. The maximum absolute atomic E-state index is 14.2. The third kappa shape index (κ3) is 20.0. The topological polar surface area (TPSA) is 298 Å². The second-order valence-electron chi connectivity index (χ2n) is 26.8. The summed E-state index contributed by atoms with van der Waals surface area (Å²) < 4.78 is 39.5. The zero-order valence-electron chi connectivity index (χ0n) is 61.2. The lowest BCUT2D eigenvalue weighted by Gasteiger charge is -2.36. The fourth-order valence-electron chi connectivity index (χ4n) is 13.2. The molecule has 2 aliphatic heterocycles. The van der Waals surface area contributed by atoms with Crippen LogP contribution in [-0.2, 0) is 31.0 Å². The molecule has 3 aromatic carbocycles. The highest BCUT2D eigenvalue weighted by Crippen LogP contribution is 2.35. The summed E-state index contributed by atoms with van der Waals surface area (Å²) in [6, 6.07) is 40.6. The van der Waals surface area contributed by atoms with Crippen molar-refractivity contribution in [1.29, 1.82) is 0 Å². The van der Waals surface area contributed by atoms with E-state index < -0.39 is 0 Å². The third-order valence-electron chi connectivity index (χ3n) is 18.6. The van der Waals surface area contributed by atoms with Crippen LogP contribution in [0.1, 0.15) is 73.6 Å². The molecule has 33 heteroatoms. The van der Waals surface area contributed by atoms with Gasteiger partial charge in [0.2, 0.25) is 18.3 Å².